The number of imide groups is 1. The van der Waals surface area contributed by atoms with Gasteiger partial charge in [-0.1, -0.05) is 0 Å². The molecule has 0 aromatic heterocycles. The van der Waals surface area contributed by atoms with Gasteiger partial charge in [0, 0.05) is 26.2 Å². The smallest absolute Gasteiger partial charge is 0.304 e. The normalized spacial score (nSPS) is 27.2. The Balaban J connectivity index is 2.05. The van der Waals surface area contributed by atoms with E-state index < -0.39 is 17.9 Å². The highest BCUT2D eigenvalue weighted by Gasteiger charge is 2.38. The van der Waals surface area contributed by atoms with Gasteiger partial charge in [0.2, 0.25) is 5.91 Å². The summed E-state index contributed by atoms with van der Waals surface area (Å²) >= 11 is 0. The lowest BCUT2D eigenvalue weighted by molar-refractivity contribution is -0.138. The summed E-state index contributed by atoms with van der Waals surface area (Å²) in [7, 11) is 2.02. The number of carbonyl (C=O) groups excluding carboxylic acids is 3. The van der Waals surface area contributed by atoms with Gasteiger partial charge in [0.05, 0.1) is 6.54 Å². The van der Waals surface area contributed by atoms with Gasteiger partial charge in [0.25, 0.3) is 0 Å². The van der Waals surface area contributed by atoms with Gasteiger partial charge < -0.3 is 4.90 Å². The predicted molar refractivity (Wildman–Crippen MR) is 63.5 cm³/mol. The van der Waals surface area contributed by atoms with Crippen molar-refractivity contribution in [3.05, 3.63) is 0 Å². The third kappa shape index (κ3) is 2.51. The third-order valence-corrected chi connectivity index (χ3v) is 3.45. The molecule has 2 rings (SSSR count). The van der Waals surface area contributed by atoms with E-state index in [1.807, 2.05) is 12.1 Å². The number of piperazine rings is 1. The molecule has 1 atom stereocenters. The lowest BCUT2D eigenvalue weighted by Crippen LogP contribution is -2.64. The molecule has 1 unspecified atom stereocenters. The van der Waals surface area contributed by atoms with Crippen molar-refractivity contribution in [2.45, 2.75) is 6.92 Å². The first kappa shape index (κ1) is 13.0. The van der Waals surface area contributed by atoms with Gasteiger partial charge in [-0.2, -0.15) is 0 Å². The fourth-order valence-corrected chi connectivity index (χ4v) is 2.19. The Morgan fingerprint density at radius 3 is 2.39 bits per heavy atom. The minimum absolute atomic E-state index is 0.156. The predicted octanol–water partition coefficient (Wildman–Crippen LogP) is -1.09. The van der Waals surface area contributed by atoms with E-state index >= 15 is 0 Å². The molecule has 0 spiro atoms. The maximum absolute atomic E-state index is 11.8. The summed E-state index contributed by atoms with van der Waals surface area (Å²) in [6.07, 6.45) is 0. The Labute approximate surface area is 106 Å². The molecule has 2 saturated heterocycles. The van der Waals surface area contributed by atoms with Crippen LogP contribution in [0.1, 0.15) is 6.92 Å². The van der Waals surface area contributed by atoms with Crippen molar-refractivity contribution in [3.8, 4) is 0 Å². The summed E-state index contributed by atoms with van der Waals surface area (Å²) in [4.78, 5) is 36.8. The number of likely N-dealkylation sites (N-methyl/N-ethyl adjacent to an activating group) is 1. The maximum atomic E-state index is 11.8. The molecule has 0 bridgehead atoms. The molecule has 0 aliphatic carbocycles. The van der Waals surface area contributed by atoms with Crippen molar-refractivity contribution in [3.63, 3.8) is 0 Å². The Morgan fingerprint density at radius 1 is 1.22 bits per heavy atom. The van der Waals surface area contributed by atoms with E-state index in [2.05, 4.69) is 10.2 Å². The molecule has 7 nitrogen and oxygen atoms in total. The third-order valence-electron chi connectivity index (χ3n) is 3.45. The van der Waals surface area contributed by atoms with Gasteiger partial charge in [0.15, 0.2) is 0 Å². The van der Waals surface area contributed by atoms with Crippen molar-refractivity contribution in [1.29, 1.82) is 0 Å². The second-order valence-electron chi connectivity index (χ2n) is 4.80. The number of rotatable bonds is 2. The minimum atomic E-state index is -0.748. The largest absolute Gasteiger partial charge is 0.338 e. The van der Waals surface area contributed by atoms with Crippen molar-refractivity contribution in [1.82, 2.24) is 20.2 Å². The summed E-state index contributed by atoms with van der Waals surface area (Å²) in [6.45, 7) is 4.71. The maximum Gasteiger partial charge on any atom is 0.338 e. The first-order valence-electron chi connectivity index (χ1n) is 6.05. The Kier molecular flexibility index (Phi) is 3.63. The first-order valence-corrected chi connectivity index (χ1v) is 6.05. The molecule has 100 valence electrons. The van der Waals surface area contributed by atoms with Gasteiger partial charge in [-0.05, 0) is 14.0 Å². The molecule has 0 radical (unpaired) electrons. The number of nitrogens with one attached hydrogen (secondary N) is 1. The molecule has 0 aromatic carbocycles. The zero-order valence-corrected chi connectivity index (χ0v) is 10.7. The average molecular weight is 254 g/mol. The van der Waals surface area contributed by atoms with E-state index in [1.165, 1.54) is 11.9 Å². The lowest BCUT2D eigenvalue weighted by atomic mass is 10.0. The van der Waals surface area contributed by atoms with E-state index in [0.717, 1.165) is 26.2 Å². The number of amides is 3. The SMILES string of the molecule is CC(=O)C1CN(N2CCN(C)CC2)C(=O)NC1=O. The van der Waals surface area contributed by atoms with Crippen molar-refractivity contribution < 1.29 is 14.4 Å². The first-order chi connectivity index (χ1) is 8.49. The fraction of sp³-hybridized carbons (Fsp3) is 0.727. The van der Waals surface area contributed by atoms with Crippen molar-refractivity contribution >= 4 is 17.7 Å². The quantitative estimate of drug-likeness (QED) is 0.634. The van der Waals surface area contributed by atoms with Crippen LogP contribution in [-0.4, -0.2) is 72.4 Å². The van der Waals surface area contributed by atoms with E-state index in [4.69, 9.17) is 0 Å². The highest BCUT2D eigenvalue weighted by atomic mass is 16.2. The number of Topliss-reactive ketones (excluding diaryl/α,β-unsaturated/α-hetero) is 1. The molecule has 7 heteroatoms. The molecule has 0 aromatic rings. The van der Waals surface area contributed by atoms with Gasteiger partial charge >= 0.3 is 6.03 Å². The molecule has 2 heterocycles. The Bertz CT molecular complexity index is 376. The van der Waals surface area contributed by atoms with Crippen LogP contribution in [0, 0.1) is 5.92 Å². The summed E-state index contributed by atoms with van der Waals surface area (Å²) in [5, 5.41) is 5.63. The van der Waals surface area contributed by atoms with Crippen LogP contribution < -0.4 is 5.32 Å². The summed E-state index contributed by atoms with van der Waals surface area (Å²) < 4.78 is 0. The summed E-state index contributed by atoms with van der Waals surface area (Å²) in [5.41, 5.74) is 0. The van der Waals surface area contributed by atoms with Crippen LogP contribution in [0.25, 0.3) is 0 Å². The molecule has 18 heavy (non-hydrogen) atoms. The van der Waals surface area contributed by atoms with Crippen LogP contribution in [0.4, 0.5) is 4.79 Å². The summed E-state index contributed by atoms with van der Waals surface area (Å²) in [6, 6.07) is -0.429. The number of hydrazine groups is 1. The zero-order valence-electron chi connectivity index (χ0n) is 10.7. The van der Waals surface area contributed by atoms with Gasteiger partial charge in [-0.25, -0.2) is 9.80 Å². The average Bonchev–Trinajstić information content (AvgIpc) is 2.30. The van der Waals surface area contributed by atoms with Gasteiger partial charge in [-0.3, -0.25) is 19.9 Å². The van der Waals surface area contributed by atoms with E-state index in [-0.39, 0.29) is 12.3 Å². The van der Waals surface area contributed by atoms with E-state index in [9.17, 15) is 14.4 Å². The van der Waals surface area contributed by atoms with Crippen LogP contribution >= 0.6 is 0 Å². The number of carbonyl (C=O) groups is 3. The molecule has 0 saturated carbocycles. The minimum Gasteiger partial charge on any atom is -0.304 e. The topological polar surface area (TPSA) is 73.0 Å². The number of urea groups is 1. The van der Waals surface area contributed by atoms with Crippen molar-refractivity contribution in [2.75, 3.05) is 39.8 Å². The summed E-state index contributed by atoms with van der Waals surface area (Å²) in [5.74, 6) is -1.45. The standard InChI is InChI=1S/C11H18N4O3/c1-8(16)9-7-15(11(18)12-10(9)17)14-5-3-13(2)4-6-14/h9H,3-7H2,1-2H3,(H,12,17,18). The molecular weight excluding hydrogens is 236 g/mol. The number of hydrogen-bond acceptors (Lipinski definition) is 5. The van der Waals surface area contributed by atoms with E-state index in [1.54, 1.807) is 0 Å². The highest BCUT2D eigenvalue weighted by Crippen LogP contribution is 2.13. The number of hydrogen-bond donors (Lipinski definition) is 1. The second kappa shape index (κ2) is 5.03. The molecule has 1 N–H and O–H groups in total. The molecule has 2 fully saturated rings. The van der Waals surface area contributed by atoms with Crippen molar-refractivity contribution in [2.24, 2.45) is 5.92 Å². The van der Waals surface area contributed by atoms with Gasteiger partial charge in [0.1, 0.15) is 11.7 Å². The Hall–Kier alpha value is -1.47. The monoisotopic (exact) mass is 254 g/mol. The molecule has 2 aliphatic heterocycles. The van der Waals surface area contributed by atoms with Crippen LogP contribution in [0.5, 0.6) is 0 Å². The number of ketones is 1. The van der Waals surface area contributed by atoms with Crippen LogP contribution in [0.2, 0.25) is 0 Å². The van der Waals surface area contributed by atoms with Crippen LogP contribution in [-0.2, 0) is 9.59 Å². The van der Waals surface area contributed by atoms with E-state index in [0.29, 0.717) is 0 Å². The second-order valence-corrected chi connectivity index (χ2v) is 4.80. The lowest BCUT2D eigenvalue weighted by Gasteiger charge is -2.42. The highest BCUT2D eigenvalue weighted by molar-refractivity contribution is 6.08. The van der Waals surface area contributed by atoms with Gasteiger partial charge in [-0.15, -0.1) is 0 Å². The molecular formula is C11H18N4O3. The van der Waals surface area contributed by atoms with Crippen LogP contribution in [0.15, 0.2) is 0 Å². The number of nitrogens with zero attached hydrogens (tertiary/aromatic N) is 3. The molecule has 2 aliphatic rings. The Morgan fingerprint density at radius 2 is 1.83 bits per heavy atom. The zero-order chi connectivity index (χ0) is 13.3. The fourth-order valence-electron chi connectivity index (χ4n) is 2.19. The molecule has 3 amide bonds. The van der Waals surface area contributed by atoms with Crippen LogP contribution in [0.3, 0.4) is 0 Å².